The summed E-state index contributed by atoms with van der Waals surface area (Å²) in [5, 5.41) is 20.1. The minimum absolute atomic E-state index is 0.335. The Morgan fingerprint density at radius 3 is 2.64 bits per heavy atom. The Morgan fingerprint density at radius 1 is 1.14 bits per heavy atom. The third-order valence-corrected chi connectivity index (χ3v) is 7.76. The molecule has 3 saturated carbocycles. The van der Waals surface area contributed by atoms with Crippen molar-refractivity contribution in [3.05, 3.63) is 35.5 Å². The van der Waals surface area contributed by atoms with Crippen molar-refractivity contribution < 1.29 is 10.2 Å². The van der Waals surface area contributed by atoms with E-state index < -0.39 is 5.60 Å². The van der Waals surface area contributed by atoms with Gasteiger partial charge in [-0.2, -0.15) is 0 Å². The molecule has 0 radical (unpaired) electrons. The number of allylic oxidation sites excluding steroid dienone is 3. The maximum absolute atomic E-state index is 10.1. The molecule has 0 heterocycles. The first-order valence-corrected chi connectivity index (χ1v) is 11.7. The van der Waals surface area contributed by atoms with Crippen LogP contribution in [0.2, 0.25) is 0 Å². The second-order valence-corrected chi connectivity index (χ2v) is 10.5. The standard InChI is InChI=1S/C26H42O2/c1-18(7-6-16-26(3,4)28)22-14-15-23-21(8-5-9-24(22)23)13-12-20-11-10-19(2)25(27)17-20/h12-13,18,22-25,27-28H,2,5-11,14-17H2,1,3-4H3/b20-12-,21-13+/t18-,22?,23-,24+,25+/m0/s1. The highest BCUT2D eigenvalue weighted by molar-refractivity contribution is 5.26. The molecular weight excluding hydrogens is 344 g/mol. The Morgan fingerprint density at radius 2 is 1.93 bits per heavy atom. The van der Waals surface area contributed by atoms with Crippen molar-refractivity contribution >= 4 is 0 Å². The summed E-state index contributed by atoms with van der Waals surface area (Å²) < 4.78 is 0. The maximum Gasteiger partial charge on any atom is 0.0784 e. The van der Waals surface area contributed by atoms with E-state index in [1.807, 2.05) is 13.8 Å². The number of aliphatic hydroxyl groups excluding tert-OH is 1. The summed E-state index contributed by atoms with van der Waals surface area (Å²) in [5.74, 6) is 3.29. The molecule has 5 atom stereocenters. The van der Waals surface area contributed by atoms with Crippen LogP contribution in [0.3, 0.4) is 0 Å². The fourth-order valence-corrected chi connectivity index (χ4v) is 6.04. The van der Waals surface area contributed by atoms with E-state index in [0.29, 0.717) is 0 Å². The largest absolute Gasteiger partial charge is 0.390 e. The number of rotatable bonds is 6. The number of hydrogen-bond acceptors (Lipinski definition) is 2. The fourth-order valence-electron chi connectivity index (χ4n) is 6.04. The van der Waals surface area contributed by atoms with Crippen LogP contribution in [-0.4, -0.2) is 21.9 Å². The molecule has 3 fully saturated rings. The van der Waals surface area contributed by atoms with Gasteiger partial charge in [0.15, 0.2) is 0 Å². The summed E-state index contributed by atoms with van der Waals surface area (Å²) in [6.45, 7) is 10.3. The first-order chi connectivity index (χ1) is 13.2. The minimum Gasteiger partial charge on any atom is -0.390 e. The van der Waals surface area contributed by atoms with Gasteiger partial charge in [-0.25, -0.2) is 0 Å². The van der Waals surface area contributed by atoms with Crippen LogP contribution in [0.1, 0.15) is 91.4 Å². The van der Waals surface area contributed by atoms with Gasteiger partial charge in [-0.05, 0) is 101 Å². The van der Waals surface area contributed by atoms with E-state index in [0.717, 1.165) is 61.3 Å². The van der Waals surface area contributed by atoms with Gasteiger partial charge in [0.05, 0.1) is 11.7 Å². The molecule has 2 nitrogen and oxygen atoms in total. The van der Waals surface area contributed by atoms with Crippen LogP contribution >= 0.6 is 0 Å². The number of aliphatic hydroxyl groups is 2. The Hall–Kier alpha value is -0.860. The van der Waals surface area contributed by atoms with Crippen molar-refractivity contribution in [2.24, 2.45) is 23.7 Å². The number of hydrogen-bond donors (Lipinski definition) is 2. The lowest BCUT2D eigenvalue weighted by Crippen LogP contribution is -2.25. The van der Waals surface area contributed by atoms with Gasteiger partial charge in [-0.15, -0.1) is 0 Å². The van der Waals surface area contributed by atoms with Crippen molar-refractivity contribution in [1.29, 1.82) is 0 Å². The Labute approximate surface area is 172 Å². The van der Waals surface area contributed by atoms with Gasteiger partial charge in [-0.1, -0.05) is 49.6 Å². The first kappa shape index (κ1) is 21.8. The summed E-state index contributed by atoms with van der Waals surface area (Å²) >= 11 is 0. The van der Waals surface area contributed by atoms with Gasteiger partial charge in [0.1, 0.15) is 0 Å². The van der Waals surface area contributed by atoms with Crippen molar-refractivity contribution in [2.75, 3.05) is 0 Å². The molecule has 0 spiro atoms. The average Bonchev–Trinajstić information content (AvgIpc) is 3.06. The topological polar surface area (TPSA) is 40.5 Å². The van der Waals surface area contributed by atoms with E-state index in [9.17, 15) is 10.2 Å². The average molecular weight is 387 g/mol. The van der Waals surface area contributed by atoms with E-state index in [4.69, 9.17) is 0 Å². The SMILES string of the molecule is C=C1CC/C(=C/C=C2\CCC[C@@H]3C([C@@H](C)CCCC(C)(C)O)CC[C@@H]23)C[C@H]1O. The Kier molecular flexibility index (Phi) is 7.26. The summed E-state index contributed by atoms with van der Waals surface area (Å²) in [4.78, 5) is 0. The first-order valence-electron chi connectivity index (χ1n) is 11.7. The molecule has 3 aliphatic carbocycles. The highest BCUT2D eigenvalue weighted by Gasteiger charge is 2.41. The smallest absolute Gasteiger partial charge is 0.0784 e. The van der Waals surface area contributed by atoms with Crippen LogP contribution in [0.25, 0.3) is 0 Å². The van der Waals surface area contributed by atoms with Crippen LogP contribution < -0.4 is 0 Å². The lowest BCUT2D eigenvalue weighted by molar-refractivity contribution is 0.0652. The normalized spacial score (nSPS) is 35.4. The van der Waals surface area contributed by atoms with Gasteiger partial charge in [-0.3, -0.25) is 0 Å². The molecule has 3 aliphatic rings. The molecule has 0 aromatic heterocycles. The quantitative estimate of drug-likeness (QED) is 0.523. The van der Waals surface area contributed by atoms with Gasteiger partial charge in [0.2, 0.25) is 0 Å². The highest BCUT2D eigenvalue weighted by Crippen LogP contribution is 2.51. The van der Waals surface area contributed by atoms with E-state index in [1.54, 1.807) is 5.57 Å². The third kappa shape index (κ3) is 5.60. The van der Waals surface area contributed by atoms with Gasteiger partial charge >= 0.3 is 0 Å². The zero-order valence-corrected chi connectivity index (χ0v) is 18.4. The lowest BCUT2D eigenvalue weighted by Gasteiger charge is -2.34. The van der Waals surface area contributed by atoms with E-state index in [2.05, 4.69) is 25.7 Å². The van der Waals surface area contributed by atoms with Crippen molar-refractivity contribution in [1.82, 2.24) is 0 Å². The Balaban J connectivity index is 1.59. The van der Waals surface area contributed by atoms with Crippen LogP contribution in [0.15, 0.2) is 35.5 Å². The molecule has 0 amide bonds. The summed E-state index contributed by atoms with van der Waals surface area (Å²) in [6.07, 6.45) is 17.2. The molecule has 2 heteroatoms. The molecule has 3 rings (SSSR count). The van der Waals surface area contributed by atoms with E-state index >= 15 is 0 Å². The minimum atomic E-state index is -0.523. The fraction of sp³-hybridized carbons (Fsp3) is 0.769. The van der Waals surface area contributed by atoms with E-state index in [-0.39, 0.29) is 6.10 Å². The van der Waals surface area contributed by atoms with Crippen LogP contribution in [0.4, 0.5) is 0 Å². The summed E-state index contributed by atoms with van der Waals surface area (Å²) in [5.41, 5.74) is 3.54. The van der Waals surface area contributed by atoms with Gasteiger partial charge < -0.3 is 10.2 Å². The zero-order valence-electron chi connectivity index (χ0n) is 18.4. The molecular formula is C26H42O2. The molecule has 158 valence electrons. The van der Waals surface area contributed by atoms with Crippen LogP contribution in [0.5, 0.6) is 0 Å². The van der Waals surface area contributed by atoms with Crippen LogP contribution in [0, 0.1) is 23.7 Å². The van der Waals surface area contributed by atoms with Crippen LogP contribution in [-0.2, 0) is 0 Å². The lowest BCUT2D eigenvalue weighted by atomic mass is 9.71. The van der Waals surface area contributed by atoms with Crippen molar-refractivity contribution in [2.45, 2.75) is 103 Å². The molecule has 1 unspecified atom stereocenters. The molecule has 0 bridgehead atoms. The summed E-state index contributed by atoms with van der Waals surface area (Å²) in [6, 6.07) is 0. The maximum atomic E-state index is 10.1. The van der Waals surface area contributed by atoms with Gasteiger partial charge in [0, 0.05) is 0 Å². The summed E-state index contributed by atoms with van der Waals surface area (Å²) in [7, 11) is 0. The zero-order chi connectivity index (χ0) is 20.3. The molecule has 0 aromatic carbocycles. The molecule has 28 heavy (non-hydrogen) atoms. The predicted octanol–water partition coefficient (Wildman–Crippen LogP) is 6.34. The van der Waals surface area contributed by atoms with Gasteiger partial charge in [0.25, 0.3) is 0 Å². The molecule has 2 N–H and O–H groups in total. The second-order valence-electron chi connectivity index (χ2n) is 10.5. The molecule has 0 aliphatic heterocycles. The van der Waals surface area contributed by atoms with E-state index in [1.165, 1.54) is 44.1 Å². The number of fused-ring (bicyclic) bond motifs is 1. The predicted molar refractivity (Wildman–Crippen MR) is 118 cm³/mol. The molecule has 0 saturated heterocycles. The monoisotopic (exact) mass is 386 g/mol. The van der Waals surface area contributed by atoms with Crippen molar-refractivity contribution in [3.63, 3.8) is 0 Å². The second kappa shape index (κ2) is 9.30. The van der Waals surface area contributed by atoms with Crippen molar-refractivity contribution in [3.8, 4) is 0 Å². The Bertz CT molecular complexity index is 606. The molecule has 0 aromatic rings. The highest BCUT2D eigenvalue weighted by atomic mass is 16.3. The third-order valence-electron chi connectivity index (χ3n) is 7.76.